The van der Waals surface area contributed by atoms with Crippen molar-refractivity contribution >= 4 is 10.0 Å². The summed E-state index contributed by atoms with van der Waals surface area (Å²) in [7, 11) is -2.37. The summed E-state index contributed by atoms with van der Waals surface area (Å²) >= 11 is 0. The molecule has 0 unspecified atom stereocenters. The van der Waals surface area contributed by atoms with Crippen molar-refractivity contribution in [1.82, 2.24) is 4.72 Å². The predicted molar refractivity (Wildman–Crippen MR) is 72.5 cm³/mol. The van der Waals surface area contributed by atoms with E-state index < -0.39 is 15.8 Å². The van der Waals surface area contributed by atoms with Gasteiger partial charge in [0.1, 0.15) is 16.5 Å². The molecule has 20 heavy (non-hydrogen) atoms. The third kappa shape index (κ3) is 2.42. The van der Waals surface area contributed by atoms with Crippen LogP contribution in [0.1, 0.15) is 25.7 Å². The normalized spacial score (nSPS) is 28.8. The van der Waals surface area contributed by atoms with Gasteiger partial charge in [-0.2, -0.15) is 0 Å². The zero-order chi connectivity index (χ0) is 14.3. The topological polar surface area (TPSA) is 55.4 Å². The van der Waals surface area contributed by atoms with Gasteiger partial charge < -0.3 is 4.74 Å². The molecular formula is C14H18FNO3S. The number of ether oxygens (including phenoxy) is 1. The van der Waals surface area contributed by atoms with Crippen molar-refractivity contribution in [2.45, 2.75) is 36.6 Å². The highest BCUT2D eigenvalue weighted by molar-refractivity contribution is 7.89. The van der Waals surface area contributed by atoms with Gasteiger partial charge in [0.05, 0.1) is 7.11 Å². The smallest absolute Gasteiger partial charge is 0.244 e. The molecule has 0 heterocycles. The summed E-state index contributed by atoms with van der Waals surface area (Å²) in [5.41, 5.74) is 0. The summed E-state index contributed by atoms with van der Waals surface area (Å²) in [4.78, 5) is -0.122. The molecule has 1 N–H and O–H groups in total. The summed E-state index contributed by atoms with van der Waals surface area (Å²) in [6.07, 6.45) is 4.28. The lowest BCUT2D eigenvalue weighted by Crippen LogP contribution is -2.38. The van der Waals surface area contributed by atoms with Crippen molar-refractivity contribution in [3.63, 3.8) is 0 Å². The van der Waals surface area contributed by atoms with Crippen LogP contribution in [0.25, 0.3) is 0 Å². The molecule has 0 amide bonds. The second-order valence-corrected chi connectivity index (χ2v) is 7.38. The van der Waals surface area contributed by atoms with Crippen LogP contribution in [0, 0.1) is 17.7 Å². The first kappa shape index (κ1) is 13.8. The van der Waals surface area contributed by atoms with Crippen LogP contribution in [0.4, 0.5) is 4.39 Å². The molecule has 6 heteroatoms. The average molecular weight is 299 g/mol. The standard InChI is InChI=1S/C14H18FNO3S/c1-19-13-5-4-11(15)8-14(13)20(17,18)16-12-7-9-2-3-10(12)6-9/h4-5,8-10,12,16H,2-3,6-7H2,1H3/t9-,10+,12-/m0/s1. The Kier molecular flexibility index (Phi) is 3.46. The molecule has 2 bridgehead atoms. The lowest BCUT2D eigenvalue weighted by molar-refractivity contribution is 0.384. The van der Waals surface area contributed by atoms with E-state index in [-0.39, 0.29) is 16.7 Å². The molecule has 110 valence electrons. The van der Waals surface area contributed by atoms with Gasteiger partial charge in [-0.1, -0.05) is 6.42 Å². The van der Waals surface area contributed by atoms with Crippen LogP contribution < -0.4 is 9.46 Å². The largest absolute Gasteiger partial charge is 0.495 e. The van der Waals surface area contributed by atoms with Gasteiger partial charge in [0.2, 0.25) is 10.0 Å². The fourth-order valence-electron chi connectivity index (χ4n) is 3.51. The Morgan fingerprint density at radius 1 is 1.30 bits per heavy atom. The quantitative estimate of drug-likeness (QED) is 0.928. The first-order chi connectivity index (χ1) is 9.49. The number of benzene rings is 1. The number of hydrogen-bond acceptors (Lipinski definition) is 3. The Balaban J connectivity index is 1.86. The fourth-order valence-corrected chi connectivity index (χ4v) is 5.01. The lowest BCUT2D eigenvalue weighted by Gasteiger charge is -2.23. The highest BCUT2D eigenvalue weighted by atomic mass is 32.2. The van der Waals surface area contributed by atoms with Gasteiger partial charge in [0, 0.05) is 6.04 Å². The number of halogens is 1. The van der Waals surface area contributed by atoms with Crippen LogP contribution in [0.15, 0.2) is 23.1 Å². The molecule has 1 aromatic rings. The molecule has 1 aromatic carbocycles. The maximum atomic E-state index is 13.3. The zero-order valence-electron chi connectivity index (χ0n) is 11.3. The lowest BCUT2D eigenvalue weighted by atomic mass is 9.96. The molecular weight excluding hydrogens is 281 g/mol. The van der Waals surface area contributed by atoms with E-state index in [1.807, 2.05) is 0 Å². The van der Waals surface area contributed by atoms with Crippen LogP contribution in [0.5, 0.6) is 5.75 Å². The minimum absolute atomic E-state index is 0.0216. The first-order valence-corrected chi connectivity index (χ1v) is 8.34. The van der Waals surface area contributed by atoms with Crippen molar-refractivity contribution < 1.29 is 17.5 Å². The molecule has 0 aliphatic heterocycles. The number of fused-ring (bicyclic) bond motifs is 2. The van der Waals surface area contributed by atoms with Gasteiger partial charge in [0.15, 0.2) is 0 Å². The van der Waals surface area contributed by atoms with E-state index in [9.17, 15) is 12.8 Å². The van der Waals surface area contributed by atoms with E-state index in [1.54, 1.807) is 0 Å². The third-order valence-corrected chi connectivity index (χ3v) is 5.97. The van der Waals surface area contributed by atoms with Gasteiger partial charge in [-0.25, -0.2) is 17.5 Å². The van der Waals surface area contributed by atoms with Crippen molar-refractivity contribution in [3.05, 3.63) is 24.0 Å². The van der Waals surface area contributed by atoms with Crippen LogP contribution in [-0.2, 0) is 10.0 Å². The van der Waals surface area contributed by atoms with Crippen LogP contribution in [0.3, 0.4) is 0 Å². The van der Waals surface area contributed by atoms with Crippen LogP contribution in [-0.4, -0.2) is 21.6 Å². The number of sulfonamides is 1. The Morgan fingerprint density at radius 3 is 2.70 bits per heavy atom. The first-order valence-electron chi connectivity index (χ1n) is 6.85. The summed E-state index contributed by atoms with van der Waals surface area (Å²) in [6.45, 7) is 0. The molecule has 3 atom stereocenters. The van der Waals surface area contributed by atoms with E-state index in [4.69, 9.17) is 4.74 Å². The van der Waals surface area contributed by atoms with E-state index >= 15 is 0 Å². The minimum Gasteiger partial charge on any atom is -0.495 e. The molecule has 4 nitrogen and oxygen atoms in total. The van der Waals surface area contributed by atoms with Crippen molar-refractivity contribution in [2.24, 2.45) is 11.8 Å². The molecule has 2 fully saturated rings. The van der Waals surface area contributed by atoms with Crippen molar-refractivity contribution in [1.29, 1.82) is 0 Å². The molecule has 2 saturated carbocycles. The van der Waals surface area contributed by atoms with E-state index in [0.717, 1.165) is 25.3 Å². The molecule has 0 radical (unpaired) electrons. The molecule has 0 aromatic heterocycles. The van der Waals surface area contributed by atoms with Crippen LogP contribution in [0.2, 0.25) is 0 Å². The Hall–Kier alpha value is -1.14. The SMILES string of the molecule is COc1ccc(F)cc1S(=O)(=O)N[C@H]1C[C@H]2CC[C@@H]1C2. The van der Waals surface area contributed by atoms with Gasteiger partial charge in [0.25, 0.3) is 0 Å². The Bertz CT molecular complexity index is 617. The third-order valence-electron chi connectivity index (χ3n) is 4.46. The van der Waals surface area contributed by atoms with Gasteiger partial charge >= 0.3 is 0 Å². The second-order valence-electron chi connectivity index (χ2n) is 5.70. The molecule has 0 saturated heterocycles. The summed E-state index contributed by atoms with van der Waals surface area (Å²) < 4.78 is 46.0. The van der Waals surface area contributed by atoms with Crippen molar-refractivity contribution in [3.8, 4) is 5.75 Å². The predicted octanol–water partition coefficient (Wildman–Crippen LogP) is 2.30. The summed E-state index contributed by atoms with van der Waals surface area (Å²) in [6, 6.07) is 3.51. The number of rotatable bonds is 4. The molecule has 2 aliphatic rings. The van der Waals surface area contributed by atoms with Crippen molar-refractivity contribution in [2.75, 3.05) is 7.11 Å². The van der Waals surface area contributed by atoms with Gasteiger partial charge in [-0.05, 0) is 49.3 Å². The zero-order valence-corrected chi connectivity index (χ0v) is 12.1. The van der Waals surface area contributed by atoms with Crippen LogP contribution >= 0.6 is 0 Å². The monoisotopic (exact) mass is 299 g/mol. The minimum atomic E-state index is -3.75. The van der Waals surface area contributed by atoms with E-state index in [2.05, 4.69) is 4.72 Å². The molecule has 3 rings (SSSR count). The molecule has 0 spiro atoms. The average Bonchev–Trinajstić information content (AvgIpc) is 3.00. The van der Waals surface area contributed by atoms with Gasteiger partial charge in [-0.15, -0.1) is 0 Å². The fraction of sp³-hybridized carbons (Fsp3) is 0.571. The maximum absolute atomic E-state index is 13.3. The summed E-state index contributed by atoms with van der Waals surface area (Å²) in [5, 5.41) is 0. The Morgan fingerprint density at radius 2 is 2.10 bits per heavy atom. The number of hydrogen-bond donors (Lipinski definition) is 1. The number of nitrogens with one attached hydrogen (secondary N) is 1. The second kappa shape index (κ2) is 5.00. The summed E-state index contributed by atoms with van der Waals surface area (Å²) in [5.74, 6) is 0.651. The Labute approximate surface area is 118 Å². The van der Waals surface area contributed by atoms with Gasteiger partial charge in [-0.3, -0.25) is 0 Å². The van der Waals surface area contributed by atoms with E-state index in [1.165, 1.54) is 25.7 Å². The highest BCUT2D eigenvalue weighted by Gasteiger charge is 2.41. The maximum Gasteiger partial charge on any atom is 0.244 e. The molecule has 2 aliphatic carbocycles. The van der Waals surface area contributed by atoms with E-state index in [0.29, 0.717) is 11.8 Å². The number of methoxy groups -OCH3 is 1. The highest BCUT2D eigenvalue weighted by Crippen LogP contribution is 2.45.